The molecule has 7 heteroatoms. The molecule has 0 bridgehead atoms. The first kappa shape index (κ1) is 18.1. The number of hydrogen-bond acceptors (Lipinski definition) is 4. The lowest BCUT2D eigenvalue weighted by molar-refractivity contribution is 0.372. The average Bonchev–Trinajstić information content (AvgIpc) is 3.10. The van der Waals surface area contributed by atoms with Crippen molar-refractivity contribution >= 4 is 11.6 Å². The normalized spacial score (nSPS) is 15.3. The topological polar surface area (TPSA) is 57.9 Å². The Hall–Kier alpha value is -2.70. The van der Waals surface area contributed by atoms with Crippen LogP contribution in [-0.2, 0) is 13.6 Å². The number of hydrogen-bond donors (Lipinski definition) is 1. The Labute approximate surface area is 155 Å². The summed E-state index contributed by atoms with van der Waals surface area (Å²) in [6.07, 6.45) is 3.88. The van der Waals surface area contributed by atoms with Crippen LogP contribution in [0.4, 0.5) is 5.69 Å². The highest BCUT2D eigenvalue weighted by Crippen LogP contribution is 2.22. The highest BCUT2D eigenvalue weighted by atomic mass is 16.5. The summed E-state index contributed by atoms with van der Waals surface area (Å²) >= 11 is 0. The number of anilines is 1. The van der Waals surface area contributed by atoms with Gasteiger partial charge in [-0.15, -0.1) is 0 Å². The Balaban J connectivity index is 1.62. The van der Waals surface area contributed by atoms with Gasteiger partial charge in [0.25, 0.3) is 0 Å². The minimum Gasteiger partial charge on any atom is -0.497 e. The summed E-state index contributed by atoms with van der Waals surface area (Å²) in [6.45, 7) is 7.42. The molecule has 1 N–H and O–H groups in total. The van der Waals surface area contributed by atoms with Crippen LogP contribution in [-0.4, -0.2) is 60.5 Å². The van der Waals surface area contributed by atoms with Gasteiger partial charge < -0.3 is 19.9 Å². The third kappa shape index (κ3) is 4.47. The summed E-state index contributed by atoms with van der Waals surface area (Å²) < 4.78 is 7.15. The molecule has 2 heterocycles. The van der Waals surface area contributed by atoms with Gasteiger partial charge in [-0.25, -0.2) is 4.99 Å². The van der Waals surface area contributed by atoms with E-state index in [1.165, 1.54) is 5.69 Å². The minimum atomic E-state index is 0.645. The predicted molar refractivity (Wildman–Crippen MR) is 105 cm³/mol. The Morgan fingerprint density at radius 3 is 2.73 bits per heavy atom. The fourth-order valence-electron chi connectivity index (χ4n) is 3.13. The van der Waals surface area contributed by atoms with E-state index in [0.29, 0.717) is 6.54 Å². The van der Waals surface area contributed by atoms with E-state index in [-0.39, 0.29) is 0 Å². The first-order chi connectivity index (χ1) is 12.7. The highest BCUT2D eigenvalue weighted by molar-refractivity contribution is 5.80. The van der Waals surface area contributed by atoms with Crippen LogP contribution in [0.2, 0.25) is 0 Å². The van der Waals surface area contributed by atoms with Crippen LogP contribution in [0.3, 0.4) is 0 Å². The van der Waals surface area contributed by atoms with Gasteiger partial charge >= 0.3 is 0 Å². The molecule has 1 aromatic heterocycles. The van der Waals surface area contributed by atoms with E-state index in [9.17, 15) is 0 Å². The summed E-state index contributed by atoms with van der Waals surface area (Å²) in [5, 5.41) is 7.62. The molecule has 26 heavy (non-hydrogen) atoms. The van der Waals surface area contributed by atoms with E-state index in [0.717, 1.165) is 50.0 Å². The molecule has 0 unspecified atom stereocenters. The van der Waals surface area contributed by atoms with Crippen LogP contribution < -0.4 is 15.0 Å². The zero-order valence-electron chi connectivity index (χ0n) is 15.9. The maximum atomic E-state index is 5.34. The molecule has 7 nitrogen and oxygen atoms in total. The number of aryl methyl sites for hydroxylation is 1. The van der Waals surface area contributed by atoms with Crippen molar-refractivity contribution in [2.75, 3.05) is 44.7 Å². The maximum absolute atomic E-state index is 5.34. The first-order valence-corrected chi connectivity index (χ1v) is 9.09. The van der Waals surface area contributed by atoms with Crippen molar-refractivity contribution in [1.29, 1.82) is 0 Å². The molecule has 1 aromatic carbocycles. The SMILES string of the molecule is CCNC(=NCc1cnn(C)c1)N1CCN(c2cccc(OC)c2)CC1. The molecular formula is C19H28N6O. The number of rotatable bonds is 5. The molecule has 0 saturated carbocycles. The molecule has 0 aliphatic carbocycles. The van der Waals surface area contributed by atoms with E-state index in [1.54, 1.807) is 7.11 Å². The molecule has 1 aliphatic heterocycles. The zero-order valence-corrected chi connectivity index (χ0v) is 15.9. The summed E-state index contributed by atoms with van der Waals surface area (Å²) in [7, 11) is 3.63. The number of aliphatic imine (C=N–C) groups is 1. The third-order valence-electron chi connectivity index (χ3n) is 4.50. The quantitative estimate of drug-likeness (QED) is 0.653. The molecule has 1 aliphatic rings. The van der Waals surface area contributed by atoms with E-state index in [1.807, 2.05) is 36.3 Å². The minimum absolute atomic E-state index is 0.645. The molecule has 0 spiro atoms. The van der Waals surface area contributed by atoms with Gasteiger partial charge in [0.15, 0.2) is 5.96 Å². The molecule has 1 fully saturated rings. The number of aromatic nitrogens is 2. The van der Waals surface area contributed by atoms with Gasteiger partial charge in [-0.1, -0.05) is 6.07 Å². The van der Waals surface area contributed by atoms with Gasteiger partial charge in [0.1, 0.15) is 5.75 Å². The summed E-state index contributed by atoms with van der Waals surface area (Å²) in [4.78, 5) is 9.51. The molecule has 0 radical (unpaired) electrons. The van der Waals surface area contributed by atoms with Crippen molar-refractivity contribution < 1.29 is 4.74 Å². The predicted octanol–water partition coefficient (Wildman–Crippen LogP) is 1.72. The van der Waals surface area contributed by atoms with Gasteiger partial charge in [0.2, 0.25) is 0 Å². The van der Waals surface area contributed by atoms with E-state index >= 15 is 0 Å². The Morgan fingerprint density at radius 2 is 2.08 bits per heavy atom. The summed E-state index contributed by atoms with van der Waals surface area (Å²) in [5.41, 5.74) is 2.33. The van der Waals surface area contributed by atoms with Crippen molar-refractivity contribution in [2.24, 2.45) is 12.0 Å². The van der Waals surface area contributed by atoms with Crippen molar-refractivity contribution in [1.82, 2.24) is 20.0 Å². The van der Waals surface area contributed by atoms with Crippen LogP contribution in [0.15, 0.2) is 41.7 Å². The van der Waals surface area contributed by atoms with E-state index < -0.39 is 0 Å². The van der Waals surface area contributed by atoms with Crippen molar-refractivity contribution in [3.8, 4) is 5.75 Å². The first-order valence-electron chi connectivity index (χ1n) is 9.09. The lowest BCUT2D eigenvalue weighted by Gasteiger charge is -2.37. The molecular weight excluding hydrogens is 328 g/mol. The molecule has 140 valence electrons. The summed E-state index contributed by atoms with van der Waals surface area (Å²) in [6, 6.07) is 8.26. The number of benzene rings is 1. The highest BCUT2D eigenvalue weighted by Gasteiger charge is 2.20. The summed E-state index contributed by atoms with van der Waals surface area (Å²) in [5.74, 6) is 1.87. The smallest absolute Gasteiger partial charge is 0.194 e. The second-order valence-electron chi connectivity index (χ2n) is 6.37. The van der Waals surface area contributed by atoms with Gasteiger partial charge in [-0.2, -0.15) is 5.10 Å². The molecule has 0 amide bonds. The van der Waals surface area contributed by atoms with Crippen LogP contribution in [0.25, 0.3) is 0 Å². The number of nitrogens with zero attached hydrogens (tertiary/aromatic N) is 5. The zero-order chi connectivity index (χ0) is 18.4. The molecule has 1 saturated heterocycles. The monoisotopic (exact) mass is 356 g/mol. The fraction of sp³-hybridized carbons (Fsp3) is 0.474. The van der Waals surface area contributed by atoms with Crippen molar-refractivity contribution in [2.45, 2.75) is 13.5 Å². The second-order valence-corrected chi connectivity index (χ2v) is 6.37. The van der Waals surface area contributed by atoms with Gasteiger partial charge in [0, 0.05) is 63.3 Å². The molecule has 3 rings (SSSR count). The van der Waals surface area contributed by atoms with Crippen LogP contribution >= 0.6 is 0 Å². The standard InChI is InChI=1S/C19H28N6O/c1-4-20-19(21-13-16-14-22-23(2)15-16)25-10-8-24(9-11-25)17-6-5-7-18(12-17)26-3/h5-7,12,14-15H,4,8-11,13H2,1-3H3,(H,20,21). The van der Waals surface area contributed by atoms with Gasteiger partial charge in [-0.3, -0.25) is 4.68 Å². The molecule has 0 atom stereocenters. The third-order valence-corrected chi connectivity index (χ3v) is 4.50. The Bertz CT molecular complexity index is 733. The molecule has 2 aromatic rings. The maximum Gasteiger partial charge on any atom is 0.194 e. The number of guanidine groups is 1. The lowest BCUT2D eigenvalue weighted by Crippen LogP contribution is -2.52. The fourth-order valence-corrected chi connectivity index (χ4v) is 3.13. The largest absolute Gasteiger partial charge is 0.497 e. The second kappa shape index (κ2) is 8.60. The number of piperazine rings is 1. The Morgan fingerprint density at radius 1 is 1.27 bits per heavy atom. The number of methoxy groups -OCH3 is 1. The lowest BCUT2D eigenvalue weighted by atomic mass is 10.2. The number of ether oxygens (including phenoxy) is 1. The van der Waals surface area contributed by atoms with Crippen LogP contribution in [0.5, 0.6) is 5.75 Å². The van der Waals surface area contributed by atoms with Crippen LogP contribution in [0, 0.1) is 0 Å². The average molecular weight is 356 g/mol. The number of nitrogens with one attached hydrogen (secondary N) is 1. The van der Waals surface area contributed by atoms with E-state index in [2.05, 4.69) is 39.3 Å². The van der Waals surface area contributed by atoms with E-state index in [4.69, 9.17) is 9.73 Å². The van der Waals surface area contributed by atoms with Gasteiger partial charge in [-0.05, 0) is 19.1 Å². The van der Waals surface area contributed by atoms with Crippen LogP contribution in [0.1, 0.15) is 12.5 Å². The Kier molecular flexibility index (Phi) is 5.99. The van der Waals surface area contributed by atoms with Crippen molar-refractivity contribution in [3.05, 3.63) is 42.2 Å². The van der Waals surface area contributed by atoms with Crippen molar-refractivity contribution in [3.63, 3.8) is 0 Å². The van der Waals surface area contributed by atoms with Gasteiger partial charge in [0.05, 0.1) is 19.9 Å².